The molecule has 0 spiro atoms. The van der Waals surface area contributed by atoms with E-state index in [-0.39, 0.29) is 6.04 Å². The normalized spacial score (nSPS) is 12.3. The minimum Gasteiger partial charge on any atom is -0.492 e. The molecular formula is C14H21N5O. The maximum Gasteiger partial charge on any atom is 0.168 e. The lowest BCUT2D eigenvalue weighted by molar-refractivity contribution is 0.285. The Balaban J connectivity index is 1.90. The average Bonchev–Trinajstić information content (AvgIpc) is 2.87. The van der Waals surface area contributed by atoms with Crippen molar-refractivity contribution in [1.82, 2.24) is 25.5 Å². The number of aromatic nitrogens is 4. The molecule has 1 unspecified atom stereocenters. The lowest BCUT2D eigenvalue weighted by Gasteiger charge is -2.12. The fraction of sp³-hybridized carbons (Fsp3) is 0.500. The van der Waals surface area contributed by atoms with Crippen LogP contribution in [0.4, 0.5) is 0 Å². The van der Waals surface area contributed by atoms with Crippen LogP contribution in [0.15, 0.2) is 24.3 Å². The lowest BCUT2D eigenvalue weighted by Crippen LogP contribution is -2.23. The second kappa shape index (κ2) is 7.00. The zero-order chi connectivity index (χ0) is 14.4. The van der Waals surface area contributed by atoms with Crippen molar-refractivity contribution in [3.05, 3.63) is 35.7 Å². The molecule has 6 heteroatoms. The SMILES string of the molecule is CCNC(C)c1nnnn1CCOc1cccc(C)c1. The number of rotatable bonds is 7. The van der Waals surface area contributed by atoms with E-state index >= 15 is 0 Å². The maximum absolute atomic E-state index is 5.72. The van der Waals surface area contributed by atoms with Gasteiger partial charge >= 0.3 is 0 Å². The quantitative estimate of drug-likeness (QED) is 0.833. The molecule has 108 valence electrons. The van der Waals surface area contributed by atoms with Crippen LogP contribution >= 0.6 is 0 Å². The molecule has 1 aromatic heterocycles. The Hall–Kier alpha value is -1.95. The molecule has 0 bridgehead atoms. The Morgan fingerprint density at radius 3 is 3.00 bits per heavy atom. The van der Waals surface area contributed by atoms with Crippen LogP contribution in [0.3, 0.4) is 0 Å². The molecule has 20 heavy (non-hydrogen) atoms. The van der Waals surface area contributed by atoms with Gasteiger partial charge in [-0.05, 0) is 48.5 Å². The molecular weight excluding hydrogens is 254 g/mol. The molecule has 1 aromatic carbocycles. The molecule has 1 atom stereocenters. The van der Waals surface area contributed by atoms with Gasteiger partial charge in [-0.25, -0.2) is 4.68 Å². The number of nitrogens with one attached hydrogen (secondary N) is 1. The molecule has 1 heterocycles. The van der Waals surface area contributed by atoms with Gasteiger partial charge in [0, 0.05) is 0 Å². The van der Waals surface area contributed by atoms with Crippen molar-refractivity contribution in [2.24, 2.45) is 0 Å². The van der Waals surface area contributed by atoms with Crippen molar-refractivity contribution in [2.45, 2.75) is 33.4 Å². The molecule has 1 N–H and O–H groups in total. The highest BCUT2D eigenvalue weighted by Gasteiger charge is 2.13. The van der Waals surface area contributed by atoms with Gasteiger partial charge < -0.3 is 10.1 Å². The van der Waals surface area contributed by atoms with Gasteiger partial charge in [0.1, 0.15) is 12.4 Å². The zero-order valence-electron chi connectivity index (χ0n) is 12.2. The van der Waals surface area contributed by atoms with E-state index in [1.165, 1.54) is 5.56 Å². The Morgan fingerprint density at radius 1 is 1.40 bits per heavy atom. The smallest absolute Gasteiger partial charge is 0.168 e. The summed E-state index contributed by atoms with van der Waals surface area (Å²) < 4.78 is 7.50. The summed E-state index contributed by atoms with van der Waals surface area (Å²) in [6.45, 7) is 8.21. The molecule has 2 rings (SSSR count). The number of benzene rings is 1. The largest absolute Gasteiger partial charge is 0.492 e. The molecule has 0 saturated heterocycles. The molecule has 0 aliphatic carbocycles. The van der Waals surface area contributed by atoms with Crippen LogP contribution in [-0.4, -0.2) is 33.4 Å². The van der Waals surface area contributed by atoms with Crippen molar-refractivity contribution < 1.29 is 4.74 Å². The van der Waals surface area contributed by atoms with Gasteiger partial charge in [-0.15, -0.1) is 5.10 Å². The van der Waals surface area contributed by atoms with E-state index in [0.29, 0.717) is 13.2 Å². The number of hydrogen-bond donors (Lipinski definition) is 1. The summed E-state index contributed by atoms with van der Waals surface area (Å²) in [5.41, 5.74) is 1.19. The molecule has 0 saturated carbocycles. The maximum atomic E-state index is 5.72. The van der Waals surface area contributed by atoms with Gasteiger partial charge in [-0.2, -0.15) is 0 Å². The van der Waals surface area contributed by atoms with Gasteiger partial charge in [0.25, 0.3) is 0 Å². The van der Waals surface area contributed by atoms with E-state index in [9.17, 15) is 0 Å². The lowest BCUT2D eigenvalue weighted by atomic mass is 10.2. The molecule has 6 nitrogen and oxygen atoms in total. The van der Waals surface area contributed by atoms with Crippen molar-refractivity contribution in [2.75, 3.05) is 13.2 Å². The number of hydrogen-bond acceptors (Lipinski definition) is 5. The number of aryl methyl sites for hydroxylation is 1. The minimum absolute atomic E-state index is 0.133. The third-order valence-electron chi connectivity index (χ3n) is 3.02. The van der Waals surface area contributed by atoms with Crippen LogP contribution in [0, 0.1) is 6.92 Å². The van der Waals surface area contributed by atoms with Gasteiger partial charge in [0.15, 0.2) is 5.82 Å². The van der Waals surface area contributed by atoms with E-state index in [0.717, 1.165) is 18.1 Å². The molecule has 0 fully saturated rings. The third kappa shape index (κ3) is 3.77. The standard InChI is InChI=1S/C14H21N5O/c1-4-15-12(3)14-16-17-18-19(14)8-9-20-13-7-5-6-11(2)10-13/h5-7,10,12,15H,4,8-9H2,1-3H3. The van der Waals surface area contributed by atoms with Gasteiger partial charge in [-0.1, -0.05) is 19.1 Å². The minimum atomic E-state index is 0.133. The van der Waals surface area contributed by atoms with E-state index in [1.807, 2.05) is 38.1 Å². The fourth-order valence-electron chi connectivity index (χ4n) is 2.03. The van der Waals surface area contributed by atoms with Gasteiger partial charge in [0.05, 0.1) is 12.6 Å². The summed E-state index contributed by atoms with van der Waals surface area (Å²) in [5.74, 6) is 1.71. The second-order valence-electron chi connectivity index (χ2n) is 4.70. The molecule has 2 aromatic rings. The van der Waals surface area contributed by atoms with E-state index in [2.05, 4.69) is 27.8 Å². The summed E-state index contributed by atoms with van der Waals surface area (Å²) in [6, 6.07) is 8.13. The molecule has 0 aliphatic heterocycles. The first-order valence-electron chi connectivity index (χ1n) is 6.89. The topological polar surface area (TPSA) is 64.9 Å². The first-order valence-corrected chi connectivity index (χ1v) is 6.89. The number of ether oxygens (including phenoxy) is 1. The van der Waals surface area contributed by atoms with Crippen molar-refractivity contribution in [3.63, 3.8) is 0 Å². The number of nitrogens with zero attached hydrogens (tertiary/aromatic N) is 4. The van der Waals surface area contributed by atoms with Gasteiger partial charge in [0.2, 0.25) is 0 Å². The third-order valence-corrected chi connectivity index (χ3v) is 3.02. The number of tetrazole rings is 1. The summed E-state index contributed by atoms with van der Waals surface area (Å²) in [6.07, 6.45) is 0. The highest BCUT2D eigenvalue weighted by Crippen LogP contribution is 2.12. The Morgan fingerprint density at radius 2 is 2.25 bits per heavy atom. The first-order chi connectivity index (χ1) is 9.70. The highest BCUT2D eigenvalue weighted by atomic mass is 16.5. The predicted molar refractivity (Wildman–Crippen MR) is 76.6 cm³/mol. The summed E-state index contributed by atoms with van der Waals surface area (Å²) in [4.78, 5) is 0. The molecule has 0 amide bonds. The Kier molecular flexibility index (Phi) is 5.06. The predicted octanol–water partition coefficient (Wildman–Crippen LogP) is 1.73. The van der Waals surface area contributed by atoms with Crippen molar-refractivity contribution >= 4 is 0 Å². The molecule has 0 aliphatic rings. The van der Waals surface area contributed by atoms with Crippen LogP contribution in [0.2, 0.25) is 0 Å². The summed E-state index contributed by atoms with van der Waals surface area (Å²) >= 11 is 0. The average molecular weight is 275 g/mol. The van der Waals surface area contributed by atoms with Crippen LogP contribution in [-0.2, 0) is 6.54 Å². The van der Waals surface area contributed by atoms with E-state index < -0.39 is 0 Å². The Bertz CT molecular complexity index is 540. The van der Waals surface area contributed by atoms with E-state index in [1.54, 1.807) is 4.68 Å². The van der Waals surface area contributed by atoms with Crippen molar-refractivity contribution in [1.29, 1.82) is 0 Å². The summed E-state index contributed by atoms with van der Waals surface area (Å²) in [7, 11) is 0. The molecule has 0 radical (unpaired) electrons. The van der Waals surface area contributed by atoms with E-state index in [4.69, 9.17) is 4.74 Å². The van der Waals surface area contributed by atoms with Crippen molar-refractivity contribution in [3.8, 4) is 5.75 Å². The van der Waals surface area contributed by atoms with Crippen LogP contribution in [0.1, 0.15) is 31.3 Å². The summed E-state index contributed by atoms with van der Waals surface area (Å²) in [5, 5.41) is 15.1. The van der Waals surface area contributed by atoms with Crippen LogP contribution in [0.5, 0.6) is 5.75 Å². The second-order valence-corrected chi connectivity index (χ2v) is 4.70. The van der Waals surface area contributed by atoms with Crippen LogP contribution < -0.4 is 10.1 Å². The monoisotopic (exact) mass is 275 g/mol. The first kappa shape index (κ1) is 14.5. The zero-order valence-corrected chi connectivity index (χ0v) is 12.2. The fourth-order valence-corrected chi connectivity index (χ4v) is 2.03. The van der Waals surface area contributed by atoms with Crippen LogP contribution in [0.25, 0.3) is 0 Å². The Labute approximate surface area is 119 Å². The van der Waals surface area contributed by atoms with Gasteiger partial charge in [-0.3, -0.25) is 0 Å². The highest BCUT2D eigenvalue weighted by molar-refractivity contribution is 5.27.